The van der Waals surface area contributed by atoms with Gasteiger partial charge in [0.25, 0.3) is 5.91 Å². The van der Waals surface area contributed by atoms with Gasteiger partial charge in [-0.2, -0.15) is 0 Å². The Labute approximate surface area is 152 Å². The Morgan fingerprint density at radius 1 is 1.08 bits per heavy atom. The number of carbonyl (C=O) groups is 1. The van der Waals surface area contributed by atoms with E-state index >= 15 is 0 Å². The van der Waals surface area contributed by atoms with Crippen molar-refractivity contribution < 1.29 is 19.0 Å². The Kier molecular flexibility index (Phi) is 6.31. The SMILES string of the molecule is C=CCc1cc(C(=O)Nc2cc(OC)c(Cl)cc2OC)ccc1OC. The van der Waals surface area contributed by atoms with Crippen molar-refractivity contribution in [1.29, 1.82) is 0 Å². The number of methoxy groups -OCH3 is 3. The summed E-state index contributed by atoms with van der Waals surface area (Å²) in [5, 5.41) is 3.22. The van der Waals surface area contributed by atoms with Gasteiger partial charge >= 0.3 is 0 Å². The van der Waals surface area contributed by atoms with Crippen molar-refractivity contribution in [3.8, 4) is 17.2 Å². The fourth-order valence-electron chi connectivity index (χ4n) is 2.39. The molecule has 0 saturated carbocycles. The van der Waals surface area contributed by atoms with Gasteiger partial charge in [-0.25, -0.2) is 0 Å². The van der Waals surface area contributed by atoms with E-state index in [0.29, 0.717) is 39.9 Å². The number of rotatable bonds is 7. The van der Waals surface area contributed by atoms with E-state index in [1.54, 1.807) is 43.5 Å². The largest absolute Gasteiger partial charge is 0.496 e. The lowest BCUT2D eigenvalue weighted by molar-refractivity contribution is 0.102. The average molecular weight is 362 g/mol. The summed E-state index contributed by atoms with van der Waals surface area (Å²) >= 11 is 6.08. The van der Waals surface area contributed by atoms with Crippen LogP contribution in [0, 0.1) is 0 Å². The van der Waals surface area contributed by atoms with Gasteiger partial charge in [0.05, 0.1) is 32.0 Å². The maximum atomic E-state index is 12.6. The number of nitrogens with one attached hydrogen (secondary N) is 1. The van der Waals surface area contributed by atoms with Crippen LogP contribution in [0.1, 0.15) is 15.9 Å². The summed E-state index contributed by atoms with van der Waals surface area (Å²) < 4.78 is 15.8. The number of halogens is 1. The van der Waals surface area contributed by atoms with E-state index in [4.69, 9.17) is 25.8 Å². The number of hydrogen-bond acceptors (Lipinski definition) is 4. The molecule has 2 aromatic carbocycles. The average Bonchev–Trinajstić information content (AvgIpc) is 2.62. The molecule has 132 valence electrons. The van der Waals surface area contributed by atoms with Crippen LogP contribution in [0.2, 0.25) is 5.02 Å². The van der Waals surface area contributed by atoms with Crippen LogP contribution in [0.15, 0.2) is 43.0 Å². The van der Waals surface area contributed by atoms with E-state index < -0.39 is 0 Å². The first-order valence-corrected chi connectivity index (χ1v) is 7.92. The zero-order valence-corrected chi connectivity index (χ0v) is 15.1. The van der Waals surface area contributed by atoms with Crippen LogP contribution >= 0.6 is 11.6 Å². The quantitative estimate of drug-likeness (QED) is 0.745. The lowest BCUT2D eigenvalue weighted by atomic mass is 10.1. The van der Waals surface area contributed by atoms with Crippen molar-refractivity contribution >= 4 is 23.2 Å². The molecule has 0 atom stereocenters. The first-order valence-electron chi connectivity index (χ1n) is 7.54. The first-order chi connectivity index (χ1) is 12.0. The molecule has 5 nitrogen and oxygen atoms in total. The van der Waals surface area contributed by atoms with Crippen LogP contribution in [0.5, 0.6) is 17.2 Å². The van der Waals surface area contributed by atoms with E-state index in [1.807, 2.05) is 0 Å². The Bertz CT molecular complexity index is 789. The number of anilines is 1. The van der Waals surface area contributed by atoms with E-state index in [2.05, 4.69) is 11.9 Å². The highest BCUT2D eigenvalue weighted by molar-refractivity contribution is 6.32. The fourth-order valence-corrected chi connectivity index (χ4v) is 2.62. The second-order valence-corrected chi connectivity index (χ2v) is 5.57. The third-order valence-corrected chi connectivity index (χ3v) is 3.92. The molecule has 0 aliphatic carbocycles. The van der Waals surface area contributed by atoms with Crippen LogP contribution < -0.4 is 19.5 Å². The monoisotopic (exact) mass is 361 g/mol. The molecule has 0 aromatic heterocycles. The van der Waals surface area contributed by atoms with Crippen LogP contribution in [0.4, 0.5) is 5.69 Å². The molecule has 0 fully saturated rings. The second-order valence-electron chi connectivity index (χ2n) is 5.16. The summed E-state index contributed by atoms with van der Waals surface area (Å²) in [7, 11) is 4.60. The summed E-state index contributed by atoms with van der Waals surface area (Å²) in [6.45, 7) is 3.72. The number of amides is 1. The molecule has 0 spiro atoms. The van der Waals surface area contributed by atoms with Crippen LogP contribution in [-0.2, 0) is 6.42 Å². The van der Waals surface area contributed by atoms with E-state index in [1.165, 1.54) is 14.2 Å². The normalized spacial score (nSPS) is 10.1. The Morgan fingerprint density at radius 2 is 1.76 bits per heavy atom. The van der Waals surface area contributed by atoms with Crippen molar-refractivity contribution in [3.63, 3.8) is 0 Å². The van der Waals surface area contributed by atoms with Gasteiger partial charge in [-0.15, -0.1) is 6.58 Å². The highest BCUT2D eigenvalue weighted by Gasteiger charge is 2.15. The standard InChI is InChI=1S/C19H20ClNO4/c1-5-6-12-9-13(7-8-16(12)23-2)19(22)21-15-11-17(24-3)14(20)10-18(15)25-4/h5,7-11H,1,6H2,2-4H3,(H,21,22). The van der Waals surface area contributed by atoms with Crippen molar-refractivity contribution in [2.75, 3.05) is 26.6 Å². The molecule has 1 N–H and O–H groups in total. The van der Waals surface area contributed by atoms with Gasteiger partial charge in [0.2, 0.25) is 0 Å². The molecular weight excluding hydrogens is 342 g/mol. The molecule has 6 heteroatoms. The van der Waals surface area contributed by atoms with Crippen LogP contribution in [0.25, 0.3) is 0 Å². The van der Waals surface area contributed by atoms with E-state index in [-0.39, 0.29) is 5.91 Å². The van der Waals surface area contributed by atoms with Gasteiger partial charge in [-0.3, -0.25) is 4.79 Å². The Balaban J connectivity index is 2.33. The maximum Gasteiger partial charge on any atom is 0.255 e. The Morgan fingerprint density at radius 3 is 2.36 bits per heavy atom. The van der Waals surface area contributed by atoms with Crippen molar-refractivity contribution in [2.24, 2.45) is 0 Å². The maximum absolute atomic E-state index is 12.6. The molecule has 0 bridgehead atoms. The summed E-state index contributed by atoms with van der Waals surface area (Å²) in [5.41, 5.74) is 1.84. The minimum Gasteiger partial charge on any atom is -0.496 e. The van der Waals surface area contributed by atoms with Gasteiger partial charge < -0.3 is 19.5 Å². The molecule has 0 heterocycles. The van der Waals surface area contributed by atoms with Crippen molar-refractivity contribution in [1.82, 2.24) is 0 Å². The number of ether oxygens (including phenoxy) is 3. The van der Waals surface area contributed by atoms with Gasteiger partial charge in [-0.1, -0.05) is 17.7 Å². The molecule has 2 aromatic rings. The number of benzene rings is 2. The smallest absolute Gasteiger partial charge is 0.255 e. The molecule has 1 amide bonds. The third kappa shape index (κ3) is 4.25. The van der Waals surface area contributed by atoms with Gasteiger partial charge in [-0.05, 0) is 30.2 Å². The minimum atomic E-state index is -0.282. The molecule has 0 radical (unpaired) electrons. The highest BCUT2D eigenvalue weighted by atomic mass is 35.5. The summed E-state index contributed by atoms with van der Waals surface area (Å²) in [6, 6.07) is 8.43. The van der Waals surface area contributed by atoms with Gasteiger partial charge in [0, 0.05) is 17.7 Å². The molecule has 0 saturated heterocycles. The van der Waals surface area contributed by atoms with Crippen molar-refractivity contribution in [3.05, 3.63) is 59.1 Å². The van der Waals surface area contributed by atoms with Crippen LogP contribution in [0.3, 0.4) is 0 Å². The molecule has 0 aliphatic heterocycles. The lowest BCUT2D eigenvalue weighted by Crippen LogP contribution is -2.13. The predicted molar refractivity (Wildman–Crippen MR) is 99.4 cm³/mol. The topological polar surface area (TPSA) is 56.8 Å². The molecule has 0 aliphatic rings. The third-order valence-electron chi connectivity index (χ3n) is 3.63. The highest BCUT2D eigenvalue weighted by Crippen LogP contribution is 2.36. The number of allylic oxidation sites excluding steroid dienone is 1. The van der Waals surface area contributed by atoms with Crippen molar-refractivity contribution in [2.45, 2.75) is 6.42 Å². The zero-order chi connectivity index (χ0) is 18.4. The Hall–Kier alpha value is -2.66. The predicted octanol–water partition coefficient (Wildman–Crippen LogP) is 4.35. The number of hydrogen-bond donors (Lipinski definition) is 1. The summed E-state index contributed by atoms with van der Waals surface area (Å²) in [5.74, 6) is 1.32. The van der Waals surface area contributed by atoms with E-state index in [9.17, 15) is 4.79 Å². The van der Waals surface area contributed by atoms with Gasteiger partial charge in [0.1, 0.15) is 17.2 Å². The van der Waals surface area contributed by atoms with Crippen LogP contribution in [-0.4, -0.2) is 27.2 Å². The number of carbonyl (C=O) groups excluding carboxylic acids is 1. The first kappa shape index (κ1) is 18.7. The molecular formula is C19H20ClNO4. The zero-order valence-electron chi connectivity index (χ0n) is 14.4. The molecule has 0 unspecified atom stereocenters. The summed E-state index contributed by atoms with van der Waals surface area (Å²) in [6.07, 6.45) is 2.36. The van der Waals surface area contributed by atoms with E-state index in [0.717, 1.165) is 5.56 Å². The molecule has 25 heavy (non-hydrogen) atoms. The lowest BCUT2D eigenvalue weighted by Gasteiger charge is -2.14. The fraction of sp³-hybridized carbons (Fsp3) is 0.211. The summed E-state index contributed by atoms with van der Waals surface area (Å²) in [4.78, 5) is 12.6. The molecule has 2 rings (SSSR count). The second kappa shape index (κ2) is 8.44. The minimum absolute atomic E-state index is 0.282. The van der Waals surface area contributed by atoms with Gasteiger partial charge in [0.15, 0.2) is 0 Å².